The van der Waals surface area contributed by atoms with E-state index in [0.29, 0.717) is 34.4 Å². The van der Waals surface area contributed by atoms with Crippen molar-refractivity contribution in [2.45, 2.75) is 43.9 Å². The van der Waals surface area contributed by atoms with Gasteiger partial charge in [0.15, 0.2) is 0 Å². The Bertz CT molecular complexity index is 1350. The number of nitrogens with zero attached hydrogens (tertiary/aromatic N) is 3. The van der Waals surface area contributed by atoms with Gasteiger partial charge in [-0.1, -0.05) is 17.3 Å². The molecule has 3 aliphatic rings. The molecule has 2 aliphatic heterocycles. The van der Waals surface area contributed by atoms with E-state index in [1.165, 1.54) is 12.4 Å². The second-order valence-corrected chi connectivity index (χ2v) is 12.8. The summed E-state index contributed by atoms with van der Waals surface area (Å²) < 4.78 is 55.3. The molecule has 0 spiro atoms. The maximum atomic E-state index is 14.0. The normalized spacial score (nSPS) is 21.1. The Labute approximate surface area is 206 Å². The van der Waals surface area contributed by atoms with Crippen molar-refractivity contribution in [1.82, 2.24) is 20.3 Å². The van der Waals surface area contributed by atoms with E-state index in [1.807, 2.05) is 0 Å². The largest absolute Gasteiger partial charge is 0.419 e. The minimum absolute atomic E-state index is 0.0539. The Balaban J connectivity index is 1.69. The van der Waals surface area contributed by atoms with Crippen LogP contribution in [0.5, 0.6) is 0 Å². The Morgan fingerprint density at radius 3 is 2.75 bits per heavy atom. The molecule has 0 unspecified atom stereocenters. The maximum absolute atomic E-state index is 14.0. The molecule has 4 heterocycles. The lowest BCUT2D eigenvalue weighted by Crippen LogP contribution is -2.29. The zero-order valence-corrected chi connectivity index (χ0v) is 20.9. The molecule has 192 valence electrons. The summed E-state index contributed by atoms with van der Waals surface area (Å²) in [5.41, 5.74) is 0.182. The van der Waals surface area contributed by atoms with Gasteiger partial charge < -0.3 is 25.0 Å². The van der Waals surface area contributed by atoms with Gasteiger partial charge in [0.25, 0.3) is 0 Å². The Morgan fingerprint density at radius 1 is 1.17 bits per heavy atom. The van der Waals surface area contributed by atoms with Gasteiger partial charge in [-0.3, -0.25) is 0 Å². The van der Waals surface area contributed by atoms with Gasteiger partial charge in [0.2, 0.25) is 5.95 Å². The summed E-state index contributed by atoms with van der Waals surface area (Å²) in [7, 11) is -2.86. The standard InChI is InChI=1S/C24H28F3N6O2P/c1-36(2,34)22-14-4-7-17-18(12-29-21(17)22)20-19(24(25,26)27)13-30-23(33-20)32-16-6-5-15(10-16)28-8-3-9-35-31-11-14/h4,7,11-13,15-16,28-29H,3,5-6,8-10H2,1-2H3,(H,30,32,33)/t15-,16-/m0/s1. The summed E-state index contributed by atoms with van der Waals surface area (Å²) in [5.74, 6) is 0.157. The summed E-state index contributed by atoms with van der Waals surface area (Å²) in [6, 6.07) is 3.74. The number of aromatic nitrogens is 3. The average Bonchev–Trinajstić information content (AvgIpc) is 3.42. The number of nitrogens with one attached hydrogen (secondary N) is 3. The molecule has 6 rings (SSSR count). The lowest BCUT2D eigenvalue weighted by molar-refractivity contribution is -0.137. The molecule has 3 aromatic rings. The van der Waals surface area contributed by atoms with Crippen molar-refractivity contribution < 1.29 is 22.6 Å². The van der Waals surface area contributed by atoms with Crippen LogP contribution in [0.3, 0.4) is 0 Å². The third-order valence-corrected chi connectivity index (χ3v) is 8.18. The van der Waals surface area contributed by atoms with Crippen LogP contribution in [0.4, 0.5) is 19.1 Å². The highest BCUT2D eigenvalue weighted by molar-refractivity contribution is 7.70. The maximum Gasteiger partial charge on any atom is 0.419 e. The van der Waals surface area contributed by atoms with Crippen LogP contribution in [-0.2, 0) is 15.6 Å². The van der Waals surface area contributed by atoms with Gasteiger partial charge in [-0.25, -0.2) is 9.97 Å². The number of H-pyrrole nitrogens is 1. The zero-order valence-electron chi connectivity index (χ0n) is 20.0. The Hall–Kier alpha value is -2.91. The SMILES string of the molecule is CP(C)(=O)c1c2ccc3c(c[nH]c13)-c1nc(ncc1C(F)(F)F)N[C@H]1CC[C@@H](C1)NCCCON=C2. The fraction of sp³-hybridized carbons (Fsp3) is 0.458. The molecule has 1 aromatic carbocycles. The molecule has 1 fully saturated rings. The molecule has 0 saturated heterocycles. The van der Waals surface area contributed by atoms with Crippen molar-refractivity contribution in [3.63, 3.8) is 0 Å². The predicted molar refractivity (Wildman–Crippen MR) is 135 cm³/mol. The molecule has 8 nitrogen and oxygen atoms in total. The first-order chi connectivity index (χ1) is 17.1. The molecule has 36 heavy (non-hydrogen) atoms. The monoisotopic (exact) mass is 520 g/mol. The van der Waals surface area contributed by atoms with Crippen LogP contribution >= 0.6 is 7.14 Å². The Kier molecular flexibility index (Phi) is 6.55. The third-order valence-electron chi connectivity index (χ3n) is 6.63. The number of rotatable bonds is 1. The molecular weight excluding hydrogens is 492 g/mol. The van der Waals surface area contributed by atoms with Crippen molar-refractivity contribution in [3.8, 4) is 11.3 Å². The molecular formula is C24H28F3N6O2P. The van der Waals surface area contributed by atoms with Gasteiger partial charge in [0.1, 0.15) is 19.3 Å². The van der Waals surface area contributed by atoms with Crippen molar-refractivity contribution in [3.05, 3.63) is 35.7 Å². The number of benzene rings is 1. The fourth-order valence-corrected chi connectivity index (χ4v) is 6.49. The topological polar surface area (TPSA) is 104 Å². The number of hydrogen-bond donors (Lipinski definition) is 3. The number of anilines is 1. The lowest BCUT2D eigenvalue weighted by Gasteiger charge is -2.17. The molecule has 2 atom stereocenters. The van der Waals surface area contributed by atoms with Crippen molar-refractivity contribution >= 4 is 35.5 Å². The molecule has 8 bridgehead atoms. The van der Waals surface area contributed by atoms with Gasteiger partial charge in [-0.05, 0) is 45.6 Å². The number of oxime groups is 1. The highest BCUT2D eigenvalue weighted by Crippen LogP contribution is 2.43. The van der Waals surface area contributed by atoms with Crippen LogP contribution < -0.4 is 15.9 Å². The molecule has 0 amide bonds. The van der Waals surface area contributed by atoms with Crippen molar-refractivity contribution in [2.24, 2.45) is 5.16 Å². The Morgan fingerprint density at radius 2 is 1.97 bits per heavy atom. The number of hydrogen-bond acceptors (Lipinski definition) is 7. The minimum atomic E-state index is -4.65. The summed E-state index contributed by atoms with van der Waals surface area (Å²) >= 11 is 0. The first-order valence-corrected chi connectivity index (χ1v) is 14.5. The first-order valence-electron chi connectivity index (χ1n) is 11.9. The van der Waals surface area contributed by atoms with Crippen LogP contribution in [0.1, 0.15) is 36.8 Å². The van der Waals surface area contributed by atoms with E-state index in [0.717, 1.165) is 38.4 Å². The fourth-order valence-electron chi connectivity index (χ4n) is 5.01. The van der Waals surface area contributed by atoms with E-state index >= 15 is 0 Å². The van der Waals surface area contributed by atoms with Crippen LogP contribution in [0.25, 0.3) is 22.2 Å². The minimum Gasteiger partial charge on any atom is -0.396 e. The van der Waals surface area contributed by atoms with Gasteiger partial charge in [-0.15, -0.1) is 0 Å². The molecule has 1 saturated carbocycles. The van der Waals surface area contributed by atoms with Gasteiger partial charge >= 0.3 is 6.18 Å². The predicted octanol–water partition coefficient (Wildman–Crippen LogP) is 4.57. The molecule has 12 heteroatoms. The summed E-state index contributed by atoms with van der Waals surface area (Å²) in [6.07, 6.45) is 2.57. The second kappa shape index (κ2) is 9.52. The summed E-state index contributed by atoms with van der Waals surface area (Å²) in [5, 5.41) is 11.8. The van der Waals surface area contributed by atoms with E-state index < -0.39 is 18.9 Å². The molecule has 1 aliphatic carbocycles. The first kappa shape index (κ1) is 24.8. The smallest absolute Gasteiger partial charge is 0.396 e. The average molecular weight is 520 g/mol. The highest BCUT2D eigenvalue weighted by atomic mass is 31.2. The van der Waals surface area contributed by atoms with Crippen LogP contribution in [0.2, 0.25) is 0 Å². The van der Waals surface area contributed by atoms with Crippen LogP contribution in [-0.4, -0.2) is 59.7 Å². The highest BCUT2D eigenvalue weighted by Gasteiger charge is 2.37. The molecule has 0 radical (unpaired) electrons. The van der Waals surface area contributed by atoms with Crippen molar-refractivity contribution in [2.75, 3.05) is 31.8 Å². The van der Waals surface area contributed by atoms with Crippen LogP contribution in [0, 0.1) is 0 Å². The van der Waals surface area contributed by atoms with E-state index in [2.05, 4.69) is 30.7 Å². The number of fused-ring (bicyclic) bond motifs is 6. The van der Waals surface area contributed by atoms with Gasteiger partial charge in [0, 0.05) is 46.3 Å². The summed E-state index contributed by atoms with van der Waals surface area (Å²) in [6.45, 7) is 4.42. The number of alkyl halides is 3. The van der Waals surface area contributed by atoms with E-state index in [1.54, 1.807) is 25.5 Å². The zero-order chi connectivity index (χ0) is 25.5. The van der Waals surface area contributed by atoms with E-state index in [4.69, 9.17) is 4.84 Å². The number of halogens is 3. The molecule has 2 aromatic heterocycles. The van der Waals surface area contributed by atoms with E-state index in [-0.39, 0.29) is 23.2 Å². The van der Waals surface area contributed by atoms with Gasteiger partial charge in [-0.2, -0.15) is 13.2 Å². The van der Waals surface area contributed by atoms with Crippen LogP contribution in [0.15, 0.2) is 29.7 Å². The van der Waals surface area contributed by atoms with E-state index in [9.17, 15) is 17.7 Å². The van der Waals surface area contributed by atoms with Gasteiger partial charge in [0.05, 0.1) is 17.4 Å². The third kappa shape index (κ3) is 4.99. The second-order valence-electron chi connectivity index (χ2n) is 9.66. The molecule has 3 N–H and O–H groups in total. The lowest BCUT2D eigenvalue weighted by atomic mass is 10.0. The quantitative estimate of drug-likeness (QED) is 0.406. The summed E-state index contributed by atoms with van der Waals surface area (Å²) in [4.78, 5) is 16.8. The van der Waals surface area contributed by atoms with Crippen molar-refractivity contribution in [1.29, 1.82) is 0 Å². The number of aromatic amines is 1.